The Bertz CT molecular complexity index is 801. The van der Waals surface area contributed by atoms with E-state index in [4.69, 9.17) is 9.47 Å². The molecule has 0 saturated heterocycles. The fourth-order valence-corrected chi connectivity index (χ4v) is 2.34. The van der Waals surface area contributed by atoms with Gasteiger partial charge in [0.25, 0.3) is 5.91 Å². The van der Waals surface area contributed by atoms with Gasteiger partial charge in [-0.2, -0.15) is 0 Å². The zero-order valence-electron chi connectivity index (χ0n) is 13.9. The van der Waals surface area contributed by atoms with Crippen LogP contribution in [0.2, 0.25) is 0 Å². The van der Waals surface area contributed by atoms with Crippen LogP contribution in [0.25, 0.3) is 10.8 Å². The van der Waals surface area contributed by atoms with Crippen molar-refractivity contribution in [2.24, 2.45) is 0 Å². The smallest absolute Gasteiger partial charge is 0.329 e. The van der Waals surface area contributed by atoms with Crippen molar-refractivity contribution in [3.05, 3.63) is 42.0 Å². The minimum absolute atomic E-state index is 0.122. The Morgan fingerprint density at radius 2 is 1.88 bits per heavy atom. The monoisotopic (exact) mass is 345 g/mol. The van der Waals surface area contributed by atoms with Gasteiger partial charge in [0.2, 0.25) is 0 Å². The van der Waals surface area contributed by atoms with Crippen LogP contribution >= 0.6 is 0 Å². The van der Waals surface area contributed by atoms with Gasteiger partial charge in [-0.3, -0.25) is 9.59 Å². The predicted octanol–water partition coefficient (Wildman–Crippen LogP) is 1.98. The molecular weight excluding hydrogens is 326 g/mol. The summed E-state index contributed by atoms with van der Waals surface area (Å²) in [6, 6.07) is 9.29. The second-order valence-electron chi connectivity index (χ2n) is 5.26. The predicted molar refractivity (Wildman–Crippen MR) is 90.6 cm³/mol. The molecule has 1 atom stereocenters. The number of rotatable bonds is 7. The molecule has 0 aromatic heterocycles. The summed E-state index contributed by atoms with van der Waals surface area (Å²) >= 11 is 0. The number of methoxy groups -OCH3 is 1. The highest BCUT2D eigenvalue weighted by Crippen LogP contribution is 2.27. The summed E-state index contributed by atoms with van der Waals surface area (Å²) in [6.45, 7) is 1.15. The largest absolute Gasteiger partial charge is 0.496 e. The molecule has 25 heavy (non-hydrogen) atoms. The van der Waals surface area contributed by atoms with Crippen LogP contribution in [-0.4, -0.2) is 42.7 Å². The minimum atomic E-state index is -1.35. The first kappa shape index (κ1) is 18.3. The van der Waals surface area contributed by atoms with Gasteiger partial charge in [-0.25, -0.2) is 4.79 Å². The van der Waals surface area contributed by atoms with E-state index in [-0.39, 0.29) is 12.0 Å². The van der Waals surface area contributed by atoms with Gasteiger partial charge >= 0.3 is 11.9 Å². The normalized spacial score (nSPS) is 11.6. The Balaban J connectivity index is 2.31. The van der Waals surface area contributed by atoms with E-state index in [1.54, 1.807) is 25.1 Å². The van der Waals surface area contributed by atoms with Crippen molar-refractivity contribution in [3.8, 4) is 5.75 Å². The molecule has 2 rings (SSSR count). The second kappa shape index (κ2) is 8.14. The fourth-order valence-electron chi connectivity index (χ4n) is 2.34. The molecule has 7 nitrogen and oxygen atoms in total. The van der Waals surface area contributed by atoms with E-state index in [9.17, 15) is 19.5 Å². The van der Waals surface area contributed by atoms with Crippen LogP contribution in [0.4, 0.5) is 0 Å². The number of hydrogen-bond donors (Lipinski definition) is 2. The average molecular weight is 345 g/mol. The molecular formula is C18H19NO6. The highest BCUT2D eigenvalue weighted by atomic mass is 16.5. The number of hydrogen-bond acceptors (Lipinski definition) is 5. The van der Waals surface area contributed by atoms with Crippen molar-refractivity contribution in [2.45, 2.75) is 19.4 Å². The van der Waals surface area contributed by atoms with Gasteiger partial charge in [0, 0.05) is 6.42 Å². The van der Waals surface area contributed by atoms with E-state index < -0.39 is 30.5 Å². The first-order valence-electron chi connectivity index (χ1n) is 7.73. The molecule has 0 aliphatic rings. The number of ether oxygens (including phenoxy) is 2. The number of fused-ring (bicyclic) bond motifs is 1. The Morgan fingerprint density at radius 3 is 2.52 bits per heavy atom. The molecule has 0 heterocycles. The van der Waals surface area contributed by atoms with E-state index in [0.29, 0.717) is 11.1 Å². The molecule has 2 aromatic rings. The molecule has 0 fully saturated rings. The third-order valence-corrected chi connectivity index (χ3v) is 3.64. The first-order valence-corrected chi connectivity index (χ1v) is 7.73. The van der Waals surface area contributed by atoms with Crippen molar-refractivity contribution in [1.82, 2.24) is 5.32 Å². The maximum atomic E-state index is 12.7. The van der Waals surface area contributed by atoms with Crippen LogP contribution in [0.15, 0.2) is 36.4 Å². The van der Waals surface area contributed by atoms with E-state index in [1.807, 2.05) is 18.2 Å². The Kier molecular flexibility index (Phi) is 5.94. The molecule has 0 unspecified atom stereocenters. The molecule has 0 saturated carbocycles. The van der Waals surface area contributed by atoms with Crippen LogP contribution in [0.3, 0.4) is 0 Å². The summed E-state index contributed by atoms with van der Waals surface area (Å²) < 4.78 is 10.1. The number of aliphatic carboxylic acids is 1. The second-order valence-corrected chi connectivity index (χ2v) is 5.26. The molecule has 2 aromatic carbocycles. The molecule has 0 bridgehead atoms. The maximum Gasteiger partial charge on any atom is 0.329 e. The summed E-state index contributed by atoms with van der Waals surface area (Å²) in [7, 11) is 1.43. The van der Waals surface area contributed by atoms with Crippen molar-refractivity contribution >= 4 is 28.6 Å². The Labute approximate surface area is 144 Å². The van der Waals surface area contributed by atoms with Crippen LogP contribution < -0.4 is 10.1 Å². The SMILES string of the molecule is CCC(=O)OC[C@H](NC(=O)c1c(OC)ccc2ccccc12)C(=O)O. The van der Waals surface area contributed by atoms with Crippen molar-refractivity contribution in [1.29, 1.82) is 0 Å². The molecule has 1 amide bonds. The summed E-state index contributed by atoms with van der Waals surface area (Å²) in [5.41, 5.74) is 0.230. The number of carbonyl (C=O) groups excluding carboxylic acids is 2. The lowest BCUT2D eigenvalue weighted by molar-refractivity contribution is -0.148. The highest BCUT2D eigenvalue weighted by Gasteiger charge is 2.25. The molecule has 7 heteroatoms. The quantitative estimate of drug-likeness (QED) is 0.744. The minimum Gasteiger partial charge on any atom is -0.496 e. The van der Waals surface area contributed by atoms with E-state index in [1.165, 1.54) is 7.11 Å². The van der Waals surface area contributed by atoms with Crippen LogP contribution in [0.5, 0.6) is 5.75 Å². The number of carboxylic acids is 1. The van der Waals surface area contributed by atoms with E-state index >= 15 is 0 Å². The van der Waals surface area contributed by atoms with Crippen molar-refractivity contribution < 1.29 is 29.0 Å². The van der Waals surface area contributed by atoms with Gasteiger partial charge < -0.3 is 19.9 Å². The van der Waals surface area contributed by atoms with Crippen LogP contribution in [0, 0.1) is 0 Å². The molecule has 0 radical (unpaired) electrons. The lowest BCUT2D eigenvalue weighted by Crippen LogP contribution is -2.44. The van der Waals surface area contributed by atoms with Crippen molar-refractivity contribution in [3.63, 3.8) is 0 Å². The standard InChI is InChI=1S/C18H19NO6/c1-3-15(20)25-10-13(18(22)23)19-17(21)16-12-7-5-4-6-11(12)8-9-14(16)24-2/h4-9,13H,3,10H2,1-2H3,(H,19,21)(H,22,23)/t13-/m0/s1. The lowest BCUT2D eigenvalue weighted by Gasteiger charge is -2.17. The summed E-state index contributed by atoms with van der Waals surface area (Å²) in [6.07, 6.45) is 0.122. The molecule has 0 aliphatic heterocycles. The third kappa shape index (κ3) is 4.26. The highest BCUT2D eigenvalue weighted by molar-refractivity contribution is 6.10. The third-order valence-electron chi connectivity index (χ3n) is 3.64. The van der Waals surface area contributed by atoms with Crippen LogP contribution in [-0.2, 0) is 14.3 Å². The fraction of sp³-hybridized carbons (Fsp3) is 0.278. The van der Waals surface area contributed by atoms with Gasteiger partial charge in [0.15, 0.2) is 6.04 Å². The van der Waals surface area contributed by atoms with Crippen LogP contribution in [0.1, 0.15) is 23.7 Å². The first-order chi connectivity index (χ1) is 12.0. The van der Waals surface area contributed by atoms with Gasteiger partial charge in [-0.15, -0.1) is 0 Å². The number of carbonyl (C=O) groups is 3. The van der Waals surface area contributed by atoms with Crippen molar-refractivity contribution in [2.75, 3.05) is 13.7 Å². The van der Waals surface area contributed by atoms with Gasteiger partial charge in [-0.05, 0) is 16.8 Å². The Morgan fingerprint density at radius 1 is 1.16 bits per heavy atom. The molecule has 0 aliphatic carbocycles. The summed E-state index contributed by atoms with van der Waals surface area (Å²) in [4.78, 5) is 35.2. The zero-order chi connectivity index (χ0) is 18.4. The number of benzene rings is 2. The molecule has 132 valence electrons. The topological polar surface area (TPSA) is 102 Å². The lowest BCUT2D eigenvalue weighted by atomic mass is 10.0. The van der Waals surface area contributed by atoms with E-state index in [0.717, 1.165) is 5.39 Å². The van der Waals surface area contributed by atoms with Gasteiger partial charge in [-0.1, -0.05) is 37.3 Å². The molecule has 0 spiro atoms. The average Bonchev–Trinajstić information content (AvgIpc) is 2.63. The number of esters is 1. The van der Waals surface area contributed by atoms with Gasteiger partial charge in [0.05, 0.1) is 12.7 Å². The molecule has 2 N–H and O–H groups in total. The number of amides is 1. The number of carboxylic acid groups (broad SMARTS) is 1. The zero-order valence-corrected chi connectivity index (χ0v) is 13.9. The number of nitrogens with one attached hydrogen (secondary N) is 1. The summed E-state index contributed by atoms with van der Waals surface area (Å²) in [5.74, 6) is -2.13. The maximum absolute atomic E-state index is 12.7. The Hall–Kier alpha value is -3.09. The van der Waals surface area contributed by atoms with E-state index in [2.05, 4.69) is 5.32 Å². The summed E-state index contributed by atoms with van der Waals surface area (Å²) in [5, 5.41) is 13.1. The van der Waals surface area contributed by atoms with Gasteiger partial charge in [0.1, 0.15) is 12.4 Å².